The van der Waals surface area contributed by atoms with Gasteiger partial charge in [0.1, 0.15) is 0 Å². The highest BCUT2D eigenvalue weighted by molar-refractivity contribution is 9.10. The zero-order valence-corrected chi connectivity index (χ0v) is 14.4. The van der Waals surface area contributed by atoms with Gasteiger partial charge in [-0.05, 0) is 48.7 Å². The lowest BCUT2D eigenvalue weighted by Crippen LogP contribution is -2.28. The number of rotatable bonds is 5. The van der Waals surface area contributed by atoms with E-state index in [1.165, 1.54) is 0 Å². The lowest BCUT2D eigenvalue weighted by Gasteiger charge is -2.09. The largest absolute Gasteiger partial charge is 0.350 e. The number of amides is 1. The zero-order chi connectivity index (χ0) is 16.1. The van der Waals surface area contributed by atoms with Crippen molar-refractivity contribution in [1.82, 2.24) is 15.5 Å². The Balaban J connectivity index is 2.04. The number of hydrogen-bond acceptors (Lipinski definition) is 4. The Morgan fingerprint density at radius 2 is 2.00 bits per heavy atom. The third kappa shape index (κ3) is 4.53. The quantitative estimate of drug-likeness (QED) is 0.851. The molecular weight excluding hydrogens is 344 g/mol. The molecule has 6 heteroatoms. The van der Waals surface area contributed by atoms with E-state index < -0.39 is 0 Å². The average molecular weight is 363 g/mol. The van der Waals surface area contributed by atoms with Crippen LogP contribution >= 0.6 is 15.9 Å². The molecular formula is C16H19BrN4O. The van der Waals surface area contributed by atoms with Gasteiger partial charge in [-0.1, -0.05) is 29.8 Å². The Hall–Kier alpha value is -1.95. The highest BCUT2D eigenvalue weighted by Gasteiger charge is 2.09. The van der Waals surface area contributed by atoms with E-state index in [0.717, 1.165) is 15.7 Å². The maximum Gasteiger partial charge on any atom is 0.271 e. The van der Waals surface area contributed by atoms with Gasteiger partial charge in [-0.15, -0.1) is 10.2 Å². The first-order chi connectivity index (χ1) is 10.5. The summed E-state index contributed by atoms with van der Waals surface area (Å²) in [7, 11) is 0. The predicted molar refractivity (Wildman–Crippen MR) is 91.4 cm³/mol. The summed E-state index contributed by atoms with van der Waals surface area (Å²) in [6, 6.07) is 9.35. The second-order valence-electron chi connectivity index (χ2n) is 5.49. The number of aromatic nitrogens is 2. The Kier molecular flexibility index (Phi) is 5.49. The number of aryl methyl sites for hydroxylation is 1. The Bertz CT molecular complexity index is 656. The number of carbonyl (C=O) groups excluding carboxylic acids is 1. The summed E-state index contributed by atoms with van der Waals surface area (Å²) in [6.07, 6.45) is 0. The summed E-state index contributed by atoms with van der Waals surface area (Å²) in [6.45, 7) is 6.71. The van der Waals surface area contributed by atoms with Gasteiger partial charge >= 0.3 is 0 Å². The molecule has 0 fully saturated rings. The standard InChI is InChI=1S/C16H19BrN4O/c1-10(2)9-18-16(22)14-6-7-15(21-20-14)19-13-5-4-12(17)8-11(13)3/h4-8,10H,9H2,1-3H3,(H,18,22)(H,19,21). The van der Waals surface area contributed by atoms with Gasteiger partial charge in [0, 0.05) is 16.7 Å². The maximum absolute atomic E-state index is 11.9. The van der Waals surface area contributed by atoms with Crippen molar-refractivity contribution in [2.24, 2.45) is 5.92 Å². The van der Waals surface area contributed by atoms with Gasteiger partial charge < -0.3 is 10.6 Å². The van der Waals surface area contributed by atoms with Crippen LogP contribution in [0.2, 0.25) is 0 Å². The molecule has 1 aromatic carbocycles. The first-order valence-electron chi connectivity index (χ1n) is 7.11. The van der Waals surface area contributed by atoms with Gasteiger partial charge in [0.2, 0.25) is 0 Å². The number of anilines is 2. The minimum absolute atomic E-state index is 0.201. The highest BCUT2D eigenvalue weighted by atomic mass is 79.9. The number of nitrogens with zero attached hydrogens (tertiary/aromatic N) is 2. The van der Waals surface area contributed by atoms with Crippen molar-refractivity contribution in [3.63, 3.8) is 0 Å². The number of nitrogens with one attached hydrogen (secondary N) is 2. The number of carbonyl (C=O) groups is 1. The van der Waals surface area contributed by atoms with Crippen LogP contribution in [0.25, 0.3) is 0 Å². The molecule has 22 heavy (non-hydrogen) atoms. The van der Waals surface area contributed by atoms with Crippen molar-refractivity contribution in [3.05, 3.63) is 46.1 Å². The summed E-state index contributed by atoms with van der Waals surface area (Å²) in [5.74, 6) is 0.802. The molecule has 1 aromatic heterocycles. The summed E-state index contributed by atoms with van der Waals surface area (Å²) in [5.41, 5.74) is 2.36. The van der Waals surface area contributed by atoms with Gasteiger partial charge in [-0.25, -0.2) is 0 Å². The molecule has 2 rings (SSSR count). The van der Waals surface area contributed by atoms with Gasteiger partial charge in [-0.3, -0.25) is 4.79 Å². The smallest absolute Gasteiger partial charge is 0.271 e. The van der Waals surface area contributed by atoms with Crippen LogP contribution in [0.15, 0.2) is 34.8 Å². The summed E-state index contributed by atoms with van der Waals surface area (Å²) < 4.78 is 1.03. The van der Waals surface area contributed by atoms with Crippen LogP contribution in [0.4, 0.5) is 11.5 Å². The van der Waals surface area contributed by atoms with E-state index >= 15 is 0 Å². The van der Waals surface area contributed by atoms with Crippen molar-refractivity contribution >= 4 is 33.3 Å². The maximum atomic E-state index is 11.9. The highest BCUT2D eigenvalue weighted by Crippen LogP contribution is 2.22. The molecule has 0 radical (unpaired) electrons. The fourth-order valence-electron chi connectivity index (χ4n) is 1.81. The molecule has 116 valence electrons. The third-order valence-electron chi connectivity index (χ3n) is 3.02. The molecule has 0 saturated carbocycles. The predicted octanol–water partition coefficient (Wildman–Crippen LogP) is 3.68. The molecule has 1 amide bonds. The van der Waals surface area contributed by atoms with E-state index in [1.807, 2.05) is 39.0 Å². The molecule has 2 N–H and O–H groups in total. The lowest BCUT2D eigenvalue weighted by atomic mass is 10.2. The van der Waals surface area contributed by atoms with E-state index in [1.54, 1.807) is 12.1 Å². The Labute approximate surface area is 138 Å². The molecule has 0 unspecified atom stereocenters. The van der Waals surface area contributed by atoms with Gasteiger partial charge in [0.05, 0.1) is 0 Å². The SMILES string of the molecule is Cc1cc(Br)ccc1Nc1ccc(C(=O)NCC(C)C)nn1. The summed E-state index contributed by atoms with van der Waals surface area (Å²) in [4.78, 5) is 11.9. The minimum Gasteiger partial charge on any atom is -0.350 e. The molecule has 0 aliphatic heterocycles. The number of halogens is 1. The Morgan fingerprint density at radius 3 is 2.59 bits per heavy atom. The van der Waals surface area contributed by atoms with Crippen molar-refractivity contribution < 1.29 is 4.79 Å². The second kappa shape index (κ2) is 7.35. The fourth-order valence-corrected chi connectivity index (χ4v) is 2.29. The van der Waals surface area contributed by atoms with Crippen LogP contribution in [-0.4, -0.2) is 22.6 Å². The fraction of sp³-hybridized carbons (Fsp3) is 0.312. The van der Waals surface area contributed by atoms with Gasteiger partial charge in [0.25, 0.3) is 5.91 Å². The van der Waals surface area contributed by atoms with Crippen LogP contribution in [0.5, 0.6) is 0 Å². The summed E-state index contributed by atoms with van der Waals surface area (Å²) >= 11 is 3.43. The first-order valence-corrected chi connectivity index (χ1v) is 7.90. The first kappa shape index (κ1) is 16.4. The molecule has 0 spiro atoms. The zero-order valence-electron chi connectivity index (χ0n) is 12.9. The van der Waals surface area contributed by atoms with Gasteiger partial charge in [0.15, 0.2) is 11.5 Å². The van der Waals surface area contributed by atoms with E-state index in [2.05, 4.69) is 36.8 Å². The van der Waals surface area contributed by atoms with Crippen molar-refractivity contribution in [2.75, 3.05) is 11.9 Å². The van der Waals surface area contributed by atoms with E-state index in [4.69, 9.17) is 0 Å². The molecule has 1 heterocycles. The Morgan fingerprint density at radius 1 is 1.23 bits per heavy atom. The number of benzene rings is 1. The summed E-state index contributed by atoms with van der Waals surface area (Å²) in [5, 5.41) is 14.0. The van der Waals surface area contributed by atoms with Crippen LogP contribution in [0.1, 0.15) is 29.9 Å². The number of hydrogen-bond donors (Lipinski definition) is 2. The van der Waals surface area contributed by atoms with Crippen LogP contribution in [-0.2, 0) is 0 Å². The van der Waals surface area contributed by atoms with Crippen LogP contribution < -0.4 is 10.6 Å². The van der Waals surface area contributed by atoms with E-state index in [9.17, 15) is 4.79 Å². The molecule has 2 aromatic rings. The third-order valence-corrected chi connectivity index (χ3v) is 3.51. The van der Waals surface area contributed by atoms with Crippen molar-refractivity contribution in [3.8, 4) is 0 Å². The molecule has 0 saturated heterocycles. The monoisotopic (exact) mass is 362 g/mol. The van der Waals surface area contributed by atoms with Crippen LogP contribution in [0.3, 0.4) is 0 Å². The lowest BCUT2D eigenvalue weighted by molar-refractivity contribution is 0.0943. The topological polar surface area (TPSA) is 66.9 Å². The van der Waals surface area contributed by atoms with Crippen molar-refractivity contribution in [1.29, 1.82) is 0 Å². The molecule has 0 atom stereocenters. The molecule has 5 nitrogen and oxygen atoms in total. The average Bonchev–Trinajstić information content (AvgIpc) is 2.48. The molecule has 0 bridgehead atoms. The van der Waals surface area contributed by atoms with Gasteiger partial charge in [-0.2, -0.15) is 0 Å². The normalized spacial score (nSPS) is 10.6. The second-order valence-corrected chi connectivity index (χ2v) is 6.41. The van der Waals surface area contributed by atoms with Crippen molar-refractivity contribution in [2.45, 2.75) is 20.8 Å². The van der Waals surface area contributed by atoms with E-state index in [-0.39, 0.29) is 5.91 Å². The van der Waals surface area contributed by atoms with Crippen LogP contribution in [0, 0.1) is 12.8 Å². The minimum atomic E-state index is -0.201. The van der Waals surface area contributed by atoms with E-state index in [0.29, 0.717) is 24.0 Å². The molecule has 0 aliphatic carbocycles. The molecule has 0 aliphatic rings.